The Labute approximate surface area is 143 Å². The van der Waals surface area contributed by atoms with E-state index < -0.39 is 35.4 Å². The highest BCUT2D eigenvalue weighted by atomic mass is 16.5. The highest BCUT2D eigenvalue weighted by Crippen LogP contribution is 2.45. The fourth-order valence-corrected chi connectivity index (χ4v) is 3.60. The first-order chi connectivity index (χ1) is 11.8. The van der Waals surface area contributed by atoms with Crippen LogP contribution >= 0.6 is 0 Å². The van der Waals surface area contributed by atoms with Gasteiger partial charge in [-0.3, -0.25) is 19.1 Å². The third-order valence-corrected chi connectivity index (χ3v) is 4.89. The average Bonchev–Trinajstić information content (AvgIpc) is 2.79. The summed E-state index contributed by atoms with van der Waals surface area (Å²) < 4.78 is 6.66. The Kier molecular flexibility index (Phi) is 4.66. The second kappa shape index (κ2) is 6.61. The lowest BCUT2D eigenvalue weighted by atomic mass is 9.86. The third kappa shape index (κ3) is 3.19. The molecule has 0 unspecified atom stereocenters. The Bertz CT molecular complexity index is 808. The van der Waals surface area contributed by atoms with Gasteiger partial charge in [-0.1, -0.05) is 19.9 Å². The van der Waals surface area contributed by atoms with Gasteiger partial charge in [0.1, 0.15) is 12.2 Å². The number of H-pyrrole nitrogens is 1. The van der Waals surface area contributed by atoms with Crippen LogP contribution in [0.3, 0.4) is 0 Å². The minimum atomic E-state index is -1.18. The van der Waals surface area contributed by atoms with Gasteiger partial charge in [0.15, 0.2) is 0 Å². The van der Waals surface area contributed by atoms with Crippen LogP contribution in [-0.2, 0) is 9.53 Å². The molecule has 3 N–H and O–H groups in total. The molecule has 0 bridgehead atoms. The predicted octanol–water partition coefficient (Wildman–Crippen LogP) is -0.283. The zero-order chi connectivity index (χ0) is 18.3. The van der Waals surface area contributed by atoms with Gasteiger partial charge >= 0.3 is 11.7 Å². The number of esters is 1. The Hall–Kier alpha value is -2.19. The predicted molar refractivity (Wildman–Crippen MR) is 87.9 cm³/mol. The van der Waals surface area contributed by atoms with E-state index in [1.807, 2.05) is 6.08 Å². The molecule has 8 heteroatoms. The van der Waals surface area contributed by atoms with E-state index in [-0.39, 0.29) is 18.0 Å². The van der Waals surface area contributed by atoms with Crippen molar-refractivity contribution in [3.05, 3.63) is 44.8 Å². The number of hydrogen-bond acceptors (Lipinski definition) is 6. The van der Waals surface area contributed by atoms with E-state index in [9.17, 15) is 24.6 Å². The van der Waals surface area contributed by atoms with Crippen LogP contribution in [0, 0.1) is 11.8 Å². The number of carbonyl (C=O) groups is 1. The van der Waals surface area contributed by atoms with Crippen LogP contribution < -0.4 is 11.2 Å². The first-order valence-corrected chi connectivity index (χ1v) is 8.37. The number of rotatable bonds is 3. The molecule has 5 atom stereocenters. The largest absolute Gasteiger partial charge is 0.462 e. The number of aromatic nitrogens is 2. The molecule has 2 aliphatic carbocycles. The van der Waals surface area contributed by atoms with Crippen molar-refractivity contribution in [1.82, 2.24) is 9.55 Å². The summed E-state index contributed by atoms with van der Waals surface area (Å²) in [4.78, 5) is 37.2. The highest BCUT2D eigenvalue weighted by Gasteiger charge is 2.49. The molecular formula is C17H22N2O6. The van der Waals surface area contributed by atoms with Crippen molar-refractivity contribution >= 4 is 5.97 Å². The summed E-state index contributed by atoms with van der Waals surface area (Å²) in [5, 5.41) is 20.9. The van der Waals surface area contributed by atoms with Crippen LogP contribution in [-0.4, -0.2) is 44.0 Å². The number of nitrogens with one attached hydrogen (secondary N) is 1. The van der Waals surface area contributed by atoms with Crippen molar-refractivity contribution in [2.24, 2.45) is 11.8 Å². The van der Waals surface area contributed by atoms with Crippen LogP contribution in [0.4, 0.5) is 0 Å². The van der Waals surface area contributed by atoms with Crippen LogP contribution in [0.1, 0.15) is 32.7 Å². The van der Waals surface area contributed by atoms with E-state index in [0.29, 0.717) is 12.8 Å². The lowest BCUT2D eigenvalue weighted by Gasteiger charge is -2.28. The summed E-state index contributed by atoms with van der Waals surface area (Å²) in [6.07, 6.45) is 1.35. The van der Waals surface area contributed by atoms with Crippen molar-refractivity contribution in [2.75, 3.05) is 0 Å². The number of fused-ring (bicyclic) bond motifs is 1. The van der Waals surface area contributed by atoms with E-state index in [4.69, 9.17) is 4.74 Å². The fourth-order valence-electron chi connectivity index (χ4n) is 3.60. The van der Waals surface area contributed by atoms with Gasteiger partial charge in [0.25, 0.3) is 5.56 Å². The molecule has 0 aromatic carbocycles. The van der Waals surface area contributed by atoms with Gasteiger partial charge in [0.2, 0.25) is 0 Å². The Morgan fingerprint density at radius 3 is 2.68 bits per heavy atom. The molecule has 1 fully saturated rings. The molecule has 0 radical (unpaired) electrons. The molecule has 0 spiro atoms. The van der Waals surface area contributed by atoms with Crippen molar-refractivity contribution in [3.63, 3.8) is 0 Å². The number of carbonyl (C=O) groups excluding carboxylic acids is 1. The maximum atomic E-state index is 12.1. The van der Waals surface area contributed by atoms with Crippen LogP contribution in [0.2, 0.25) is 0 Å². The Balaban J connectivity index is 1.89. The third-order valence-electron chi connectivity index (χ3n) is 4.89. The van der Waals surface area contributed by atoms with Crippen LogP contribution in [0.15, 0.2) is 33.5 Å². The number of aliphatic hydroxyl groups is 2. The van der Waals surface area contributed by atoms with Crippen molar-refractivity contribution in [2.45, 2.75) is 51.0 Å². The van der Waals surface area contributed by atoms with Gasteiger partial charge in [-0.15, -0.1) is 0 Å². The van der Waals surface area contributed by atoms with Crippen LogP contribution in [0.5, 0.6) is 0 Å². The number of aliphatic hydroxyl groups excluding tert-OH is 2. The van der Waals surface area contributed by atoms with Gasteiger partial charge in [0, 0.05) is 24.6 Å². The molecule has 0 saturated heterocycles. The molecule has 2 aliphatic rings. The Morgan fingerprint density at radius 2 is 2.04 bits per heavy atom. The smallest absolute Gasteiger partial charge is 0.328 e. The van der Waals surface area contributed by atoms with Gasteiger partial charge in [-0.25, -0.2) is 4.79 Å². The normalized spacial score (nSPS) is 31.6. The molecule has 8 nitrogen and oxygen atoms in total. The zero-order valence-electron chi connectivity index (χ0n) is 14.1. The number of hydrogen-bond donors (Lipinski definition) is 3. The summed E-state index contributed by atoms with van der Waals surface area (Å²) in [6.45, 7) is 3.50. The second-order valence-electron chi connectivity index (χ2n) is 6.94. The molecule has 136 valence electrons. The van der Waals surface area contributed by atoms with E-state index in [2.05, 4.69) is 4.98 Å². The number of nitrogens with zero attached hydrogens (tertiary/aromatic N) is 1. The fraction of sp³-hybridized carbons (Fsp3) is 0.588. The zero-order valence-corrected chi connectivity index (χ0v) is 14.1. The van der Waals surface area contributed by atoms with Gasteiger partial charge < -0.3 is 14.9 Å². The summed E-state index contributed by atoms with van der Waals surface area (Å²) in [5.74, 6) is -0.947. The second-order valence-corrected chi connectivity index (χ2v) is 6.94. The van der Waals surface area contributed by atoms with Gasteiger partial charge in [-0.05, 0) is 12.0 Å². The Morgan fingerprint density at radius 1 is 1.32 bits per heavy atom. The highest BCUT2D eigenvalue weighted by molar-refractivity contribution is 5.71. The molecular weight excluding hydrogens is 328 g/mol. The van der Waals surface area contributed by atoms with Gasteiger partial charge in [0.05, 0.1) is 18.1 Å². The summed E-state index contributed by atoms with van der Waals surface area (Å²) in [6, 6.07) is 0.454. The summed E-state index contributed by atoms with van der Waals surface area (Å²) in [7, 11) is 0. The van der Waals surface area contributed by atoms with E-state index in [1.165, 1.54) is 16.8 Å². The van der Waals surface area contributed by atoms with Crippen LogP contribution in [0.25, 0.3) is 0 Å². The SMILES string of the molecule is CC(C)C(=O)O[C@H]1CC=C2[C@@H](n3ccc(=O)[nH]c3=O)[C@H](O)[C@H](O)[C@H]2C1. The molecule has 1 aromatic heterocycles. The van der Waals surface area contributed by atoms with Crippen molar-refractivity contribution in [1.29, 1.82) is 0 Å². The maximum absolute atomic E-state index is 12.1. The number of ether oxygens (including phenoxy) is 1. The molecule has 1 aromatic rings. The molecule has 0 amide bonds. The molecule has 0 aliphatic heterocycles. The summed E-state index contributed by atoms with van der Waals surface area (Å²) >= 11 is 0. The first-order valence-electron chi connectivity index (χ1n) is 8.37. The lowest BCUT2D eigenvalue weighted by Crippen LogP contribution is -2.37. The topological polar surface area (TPSA) is 122 Å². The number of aromatic amines is 1. The van der Waals surface area contributed by atoms with E-state index >= 15 is 0 Å². The molecule has 1 heterocycles. The first kappa shape index (κ1) is 17.6. The average molecular weight is 350 g/mol. The molecule has 3 rings (SSSR count). The molecule has 25 heavy (non-hydrogen) atoms. The standard InChI is InChI=1S/C17H22N2O6/c1-8(2)16(23)25-9-3-4-10-11(7-9)14(21)15(22)13(10)19-6-5-12(20)18-17(19)24/h4-6,8-9,11,13-15,21-22H,3,7H2,1-2H3,(H,18,20,24)/t9-,11-,13+,14+,15-/m0/s1. The van der Waals surface area contributed by atoms with E-state index in [1.54, 1.807) is 13.8 Å². The maximum Gasteiger partial charge on any atom is 0.328 e. The van der Waals surface area contributed by atoms with E-state index in [0.717, 1.165) is 5.57 Å². The summed E-state index contributed by atoms with van der Waals surface area (Å²) in [5.41, 5.74) is -0.436. The minimum absolute atomic E-state index is 0.239. The molecule has 1 saturated carbocycles. The minimum Gasteiger partial charge on any atom is -0.462 e. The monoisotopic (exact) mass is 350 g/mol. The van der Waals surface area contributed by atoms with Crippen molar-refractivity contribution in [3.8, 4) is 0 Å². The van der Waals surface area contributed by atoms with Gasteiger partial charge in [-0.2, -0.15) is 0 Å². The lowest BCUT2D eigenvalue weighted by molar-refractivity contribution is -0.154. The quantitative estimate of drug-likeness (QED) is 0.509. The van der Waals surface area contributed by atoms with Crippen molar-refractivity contribution < 1.29 is 19.7 Å².